The average molecular weight is 603 g/mol. The number of aromatic hydroxyl groups is 1. The van der Waals surface area contributed by atoms with Crippen molar-refractivity contribution in [1.82, 2.24) is 4.90 Å². The molecule has 44 heavy (non-hydrogen) atoms. The van der Waals surface area contributed by atoms with Crippen LogP contribution in [0.15, 0.2) is 70.5 Å². The molecule has 2 aromatic rings. The van der Waals surface area contributed by atoms with Gasteiger partial charge in [0.25, 0.3) is 0 Å². The van der Waals surface area contributed by atoms with Crippen LogP contribution in [-0.2, 0) is 16.6 Å². The highest BCUT2D eigenvalue weighted by Gasteiger charge is 2.43. The van der Waals surface area contributed by atoms with Crippen LogP contribution in [0.1, 0.15) is 87.6 Å². The van der Waals surface area contributed by atoms with Gasteiger partial charge >= 0.3 is 0 Å². The molecule has 5 rings (SSSR count). The summed E-state index contributed by atoms with van der Waals surface area (Å²) in [5.74, 6) is 0.329. The highest BCUT2D eigenvalue weighted by Crippen LogP contribution is 2.50. The molecule has 236 valence electrons. The standard InChI is InChI=1S/C35H46N4O5/c1-2-6-26(40)17-28(42)18-27(41)11-9-23-10-12-32(43)33(15-23)44-22-39-20-29-30(19-38-31(29)21-39)35(13-3-4-14-35)25-8-5-7-24(16-25)34(36)37/h5,7-8,10,12,15-16,19,21,26,28,34,40,42-43H,2-4,6,9,11,13-14,17-18,20,22,36-37H2,1H3. The van der Waals surface area contributed by atoms with Crippen molar-refractivity contribution in [3.63, 3.8) is 0 Å². The lowest BCUT2D eigenvalue weighted by Crippen LogP contribution is -2.29. The van der Waals surface area contributed by atoms with Crippen molar-refractivity contribution >= 4 is 12.0 Å². The zero-order valence-electron chi connectivity index (χ0n) is 25.6. The molecule has 2 aromatic carbocycles. The number of rotatable bonds is 15. The number of carbonyl (C=O) groups is 1. The van der Waals surface area contributed by atoms with Gasteiger partial charge in [0, 0.05) is 42.8 Å². The van der Waals surface area contributed by atoms with Gasteiger partial charge in [-0.3, -0.25) is 9.79 Å². The summed E-state index contributed by atoms with van der Waals surface area (Å²) >= 11 is 0. The first-order chi connectivity index (χ1) is 21.2. The lowest BCUT2D eigenvalue weighted by Gasteiger charge is -2.32. The summed E-state index contributed by atoms with van der Waals surface area (Å²) in [7, 11) is 0. The number of phenols is 1. The number of ether oxygens (including phenoxy) is 1. The molecule has 9 heteroatoms. The van der Waals surface area contributed by atoms with Gasteiger partial charge < -0.3 is 36.4 Å². The van der Waals surface area contributed by atoms with Gasteiger partial charge in [-0.2, -0.15) is 0 Å². The molecule has 0 saturated heterocycles. The van der Waals surface area contributed by atoms with Crippen LogP contribution in [0.2, 0.25) is 0 Å². The Labute approximate surface area is 259 Å². The van der Waals surface area contributed by atoms with Crippen LogP contribution in [0.4, 0.5) is 0 Å². The summed E-state index contributed by atoms with van der Waals surface area (Å²) in [5, 5.41) is 30.5. The number of fused-ring (bicyclic) bond motifs is 1. The van der Waals surface area contributed by atoms with Crippen molar-refractivity contribution in [1.29, 1.82) is 0 Å². The molecule has 2 heterocycles. The van der Waals surface area contributed by atoms with E-state index in [1.807, 2.05) is 31.5 Å². The number of allylic oxidation sites excluding steroid dienone is 1. The predicted molar refractivity (Wildman–Crippen MR) is 171 cm³/mol. The zero-order chi connectivity index (χ0) is 31.3. The first-order valence-corrected chi connectivity index (χ1v) is 15.9. The Morgan fingerprint density at radius 1 is 1.11 bits per heavy atom. The number of nitrogens with two attached hydrogens (primary N) is 2. The SMILES string of the molecule is CCCC(O)CC(O)CC(=O)CCc1ccc(O)c(OCN2C=C3N=CC(C4(c5cccc(C(N)N)c5)CCCC4)=C3C2)c1. The number of aliphatic hydroxyl groups is 2. The second-order valence-electron chi connectivity index (χ2n) is 12.5. The van der Waals surface area contributed by atoms with E-state index in [4.69, 9.17) is 21.2 Å². The number of nitrogens with zero attached hydrogens (tertiary/aromatic N) is 2. The quantitative estimate of drug-likeness (QED) is 0.187. The number of aryl methyl sites for hydroxylation is 1. The molecule has 1 fully saturated rings. The maximum atomic E-state index is 12.4. The van der Waals surface area contributed by atoms with Crippen LogP contribution < -0.4 is 16.2 Å². The molecule has 1 aliphatic carbocycles. The number of Topliss-reactive ketones (excluding diaryl/α,β-unsaturated/α-hetero) is 1. The molecule has 0 aromatic heterocycles. The highest BCUT2D eigenvalue weighted by molar-refractivity contribution is 5.90. The largest absolute Gasteiger partial charge is 0.504 e. The smallest absolute Gasteiger partial charge is 0.163 e. The van der Waals surface area contributed by atoms with E-state index < -0.39 is 18.4 Å². The summed E-state index contributed by atoms with van der Waals surface area (Å²) in [6.45, 7) is 2.87. The van der Waals surface area contributed by atoms with Gasteiger partial charge in [0.2, 0.25) is 0 Å². The molecule has 2 aliphatic heterocycles. The third kappa shape index (κ3) is 7.24. The Morgan fingerprint density at radius 3 is 2.66 bits per heavy atom. The van der Waals surface area contributed by atoms with Gasteiger partial charge in [-0.25, -0.2) is 0 Å². The molecule has 1 saturated carbocycles. The number of benzene rings is 2. The van der Waals surface area contributed by atoms with Crippen LogP contribution in [-0.4, -0.2) is 57.7 Å². The van der Waals surface area contributed by atoms with Gasteiger partial charge in [-0.1, -0.05) is 56.5 Å². The van der Waals surface area contributed by atoms with E-state index in [-0.39, 0.29) is 42.9 Å². The average Bonchev–Trinajstić information content (AvgIpc) is 3.73. The van der Waals surface area contributed by atoms with Crippen molar-refractivity contribution in [2.75, 3.05) is 13.3 Å². The molecule has 0 amide bonds. The third-order valence-electron chi connectivity index (χ3n) is 9.16. The molecule has 7 N–H and O–H groups in total. The van der Waals surface area contributed by atoms with Crippen LogP contribution >= 0.6 is 0 Å². The van der Waals surface area contributed by atoms with Crippen molar-refractivity contribution in [2.24, 2.45) is 16.5 Å². The first kappa shape index (κ1) is 31.9. The summed E-state index contributed by atoms with van der Waals surface area (Å²) in [6.07, 6.45) is 8.92. The Balaban J connectivity index is 1.20. The lowest BCUT2D eigenvalue weighted by atomic mass is 9.71. The fraction of sp³-hybridized carbons (Fsp3) is 0.486. The molecule has 3 aliphatic rings. The van der Waals surface area contributed by atoms with Crippen molar-refractivity contribution in [3.05, 3.63) is 82.2 Å². The van der Waals surface area contributed by atoms with Gasteiger partial charge in [0.1, 0.15) is 5.78 Å². The molecule has 0 spiro atoms. The zero-order valence-corrected chi connectivity index (χ0v) is 25.6. The summed E-state index contributed by atoms with van der Waals surface area (Å²) in [5.41, 5.74) is 18.3. The maximum absolute atomic E-state index is 12.4. The number of carbonyl (C=O) groups excluding carboxylic acids is 1. The van der Waals surface area contributed by atoms with E-state index in [9.17, 15) is 20.1 Å². The van der Waals surface area contributed by atoms with Crippen LogP contribution in [0.3, 0.4) is 0 Å². The molecular weight excluding hydrogens is 556 g/mol. The predicted octanol–water partition coefficient (Wildman–Crippen LogP) is 4.50. The number of phenolic OH excluding ortho intramolecular Hbond substituents is 1. The Hall–Kier alpha value is -3.50. The van der Waals surface area contributed by atoms with E-state index >= 15 is 0 Å². The summed E-state index contributed by atoms with van der Waals surface area (Å²) in [4.78, 5) is 19.3. The topological polar surface area (TPSA) is 155 Å². The Kier molecular flexibility index (Phi) is 10.2. The first-order valence-electron chi connectivity index (χ1n) is 15.9. The third-order valence-corrected chi connectivity index (χ3v) is 9.16. The number of aliphatic imine (C=N–C) groups is 1. The minimum atomic E-state index is -0.838. The summed E-state index contributed by atoms with van der Waals surface area (Å²) < 4.78 is 6.05. The van der Waals surface area contributed by atoms with Crippen LogP contribution in [0.5, 0.6) is 11.5 Å². The molecule has 0 bridgehead atoms. The normalized spacial score (nSPS) is 18.6. The Bertz CT molecular complexity index is 1430. The molecular formula is C35H46N4O5. The van der Waals surface area contributed by atoms with Crippen molar-refractivity contribution in [3.8, 4) is 11.5 Å². The van der Waals surface area contributed by atoms with Gasteiger partial charge in [-0.15, -0.1) is 0 Å². The van der Waals surface area contributed by atoms with E-state index in [0.29, 0.717) is 25.1 Å². The number of hydrogen-bond acceptors (Lipinski definition) is 9. The number of ketones is 1. The molecule has 2 unspecified atom stereocenters. The van der Waals surface area contributed by atoms with Gasteiger partial charge in [0.15, 0.2) is 18.2 Å². The minimum Gasteiger partial charge on any atom is -0.504 e. The van der Waals surface area contributed by atoms with E-state index in [1.165, 1.54) is 16.7 Å². The van der Waals surface area contributed by atoms with E-state index in [0.717, 1.165) is 48.9 Å². The van der Waals surface area contributed by atoms with Crippen LogP contribution in [0, 0.1) is 0 Å². The minimum absolute atomic E-state index is 0.0272. The fourth-order valence-corrected chi connectivity index (χ4v) is 6.84. The van der Waals surface area contributed by atoms with E-state index in [2.05, 4.69) is 17.0 Å². The highest BCUT2D eigenvalue weighted by atomic mass is 16.5. The maximum Gasteiger partial charge on any atom is 0.163 e. The van der Waals surface area contributed by atoms with Crippen molar-refractivity contribution < 1.29 is 24.9 Å². The second-order valence-corrected chi connectivity index (χ2v) is 12.5. The molecule has 2 atom stereocenters. The second kappa shape index (κ2) is 14.1. The number of hydrogen-bond donors (Lipinski definition) is 5. The van der Waals surface area contributed by atoms with Crippen LogP contribution in [0.25, 0.3) is 0 Å². The number of aliphatic hydroxyl groups excluding tert-OH is 2. The van der Waals surface area contributed by atoms with E-state index in [1.54, 1.807) is 18.2 Å². The molecule has 0 radical (unpaired) electrons. The van der Waals surface area contributed by atoms with Crippen molar-refractivity contribution in [2.45, 2.75) is 94.9 Å². The van der Waals surface area contributed by atoms with Gasteiger partial charge in [0.05, 0.1) is 24.1 Å². The summed E-state index contributed by atoms with van der Waals surface area (Å²) in [6, 6.07) is 13.5. The Morgan fingerprint density at radius 2 is 1.91 bits per heavy atom. The fourth-order valence-electron chi connectivity index (χ4n) is 6.84. The monoisotopic (exact) mass is 602 g/mol. The van der Waals surface area contributed by atoms with Gasteiger partial charge in [-0.05, 0) is 66.5 Å². The lowest BCUT2D eigenvalue weighted by molar-refractivity contribution is -0.121. The molecule has 9 nitrogen and oxygen atoms in total.